The zero-order valence-electron chi connectivity index (χ0n) is 15.9. The summed E-state index contributed by atoms with van der Waals surface area (Å²) in [4.78, 5) is 19.0. The monoisotopic (exact) mass is 469 g/mol. The maximum atomic E-state index is 13.5. The highest BCUT2D eigenvalue weighted by Crippen LogP contribution is 2.46. The second-order valence-corrected chi connectivity index (χ2v) is 9.77. The summed E-state index contributed by atoms with van der Waals surface area (Å²) < 4.78 is 43.4. The molecule has 0 aromatic carbocycles. The topological polar surface area (TPSA) is 98.3 Å². The minimum atomic E-state index is -3.96. The lowest BCUT2D eigenvalue weighted by Gasteiger charge is -2.36. The summed E-state index contributed by atoms with van der Waals surface area (Å²) in [5.41, 5.74) is -0.138. The summed E-state index contributed by atoms with van der Waals surface area (Å²) in [7, 11) is -1.14. The van der Waals surface area contributed by atoms with Gasteiger partial charge in [-0.1, -0.05) is 17.7 Å². The molecule has 0 N–H and O–H groups in total. The van der Waals surface area contributed by atoms with Gasteiger partial charge in [0.2, 0.25) is 5.88 Å². The molecule has 30 heavy (non-hydrogen) atoms. The van der Waals surface area contributed by atoms with Crippen LogP contribution in [0.5, 0.6) is 0 Å². The Morgan fingerprint density at radius 2 is 2.13 bits per heavy atom. The van der Waals surface area contributed by atoms with Gasteiger partial charge >= 0.3 is 0 Å². The fraction of sp³-hybridized carbons (Fsp3) is 0.222. The van der Waals surface area contributed by atoms with E-state index in [1.54, 1.807) is 18.2 Å². The van der Waals surface area contributed by atoms with Crippen molar-refractivity contribution in [1.29, 1.82) is 0 Å². The van der Waals surface area contributed by atoms with Crippen molar-refractivity contribution in [3.63, 3.8) is 0 Å². The number of nitrogens with zero attached hydrogens (tertiary/aromatic N) is 3. The van der Waals surface area contributed by atoms with Crippen LogP contribution in [-0.2, 0) is 29.0 Å². The molecule has 0 radical (unpaired) electrons. The van der Waals surface area contributed by atoms with E-state index in [4.69, 9.17) is 25.8 Å². The zero-order chi connectivity index (χ0) is 21.5. The third kappa shape index (κ3) is 3.33. The van der Waals surface area contributed by atoms with Gasteiger partial charge in [-0.3, -0.25) is 9.10 Å². The van der Waals surface area contributed by atoms with Crippen molar-refractivity contribution in [3.05, 3.63) is 57.5 Å². The average Bonchev–Trinajstić information content (AvgIpc) is 3.13. The molecule has 2 aliphatic heterocycles. The number of carbonyl (C=O) groups is 1. The van der Waals surface area contributed by atoms with Crippen LogP contribution >= 0.6 is 22.9 Å². The first-order valence-corrected chi connectivity index (χ1v) is 11.3. The molecule has 2 aliphatic rings. The Morgan fingerprint density at radius 1 is 1.33 bits per heavy atom. The van der Waals surface area contributed by atoms with E-state index in [0.29, 0.717) is 6.61 Å². The van der Waals surface area contributed by atoms with Gasteiger partial charge in [-0.15, -0.1) is 11.3 Å². The van der Waals surface area contributed by atoms with E-state index >= 15 is 0 Å². The fourth-order valence-electron chi connectivity index (χ4n) is 2.94. The number of likely N-dealkylation sites (N-methyl/N-ethyl adjacent to an activating group) is 1. The minimum absolute atomic E-state index is 0.0162. The predicted octanol–water partition coefficient (Wildman–Crippen LogP) is 2.62. The van der Waals surface area contributed by atoms with E-state index in [1.807, 2.05) is 0 Å². The number of hydrogen-bond acceptors (Lipinski definition) is 8. The third-order valence-electron chi connectivity index (χ3n) is 4.34. The highest BCUT2D eigenvalue weighted by Gasteiger charge is 2.46. The molecule has 12 heteroatoms. The largest absolute Gasteiger partial charge is 0.493 e. The molecule has 0 spiro atoms. The molecule has 0 unspecified atom stereocenters. The molecule has 4 heterocycles. The average molecular weight is 470 g/mol. The SMILES string of the molecule is COCCO/C=C1/OC2=C(C(=O)N1c1ccccn1)N(C)S(=O)(=O)c1cc(Cl)sc12. The van der Waals surface area contributed by atoms with Gasteiger partial charge in [-0.25, -0.2) is 18.3 Å². The smallest absolute Gasteiger partial charge is 0.287 e. The number of amides is 1. The number of pyridine rings is 1. The molecule has 0 saturated carbocycles. The zero-order valence-corrected chi connectivity index (χ0v) is 18.3. The Kier molecular flexibility index (Phi) is 5.45. The lowest BCUT2D eigenvalue weighted by atomic mass is 10.2. The van der Waals surface area contributed by atoms with Crippen LogP contribution in [0.3, 0.4) is 0 Å². The van der Waals surface area contributed by atoms with E-state index in [0.717, 1.165) is 20.5 Å². The number of aromatic nitrogens is 1. The molecule has 158 valence electrons. The Balaban J connectivity index is 1.87. The normalized spacial score (nSPS) is 18.9. The number of hydrogen-bond donors (Lipinski definition) is 0. The lowest BCUT2D eigenvalue weighted by Crippen LogP contribution is -2.45. The molecule has 9 nitrogen and oxygen atoms in total. The van der Waals surface area contributed by atoms with E-state index in [1.165, 1.54) is 32.7 Å². The van der Waals surface area contributed by atoms with Crippen LogP contribution in [-0.4, -0.2) is 51.0 Å². The summed E-state index contributed by atoms with van der Waals surface area (Å²) in [6.07, 6.45) is 2.78. The Morgan fingerprint density at radius 3 is 2.83 bits per heavy atom. The van der Waals surface area contributed by atoms with Crippen molar-refractivity contribution >= 4 is 50.4 Å². The molecular formula is C18H16ClN3O6S2. The Bertz CT molecular complexity index is 1160. The lowest BCUT2D eigenvalue weighted by molar-refractivity contribution is -0.116. The quantitative estimate of drug-likeness (QED) is 0.490. The second-order valence-electron chi connectivity index (χ2n) is 6.14. The maximum Gasteiger partial charge on any atom is 0.287 e. The van der Waals surface area contributed by atoms with Crippen LogP contribution in [0.15, 0.2) is 53.2 Å². The van der Waals surface area contributed by atoms with Crippen LogP contribution < -0.4 is 4.90 Å². The third-order valence-corrected chi connectivity index (χ3v) is 7.52. The van der Waals surface area contributed by atoms with Crippen molar-refractivity contribution in [1.82, 2.24) is 9.29 Å². The van der Waals surface area contributed by atoms with Crippen LogP contribution in [0.4, 0.5) is 5.82 Å². The van der Waals surface area contributed by atoms with Gasteiger partial charge in [0.1, 0.15) is 23.6 Å². The molecule has 0 fully saturated rings. The number of thiophene rings is 1. The van der Waals surface area contributed by atoms with Gasteiger partial charge in [-0.05, 0) is 18.2 Å². The van der Waals surface area contributed by atoms with Gasteiger partial charge in [0.05, 0.1) is 15.8 Å². The van der Waals surface area contributed by atoms with Gasteiger partial charge in [0, 0.05) is 20.4 Å². The maximum absolute atomic E-state index is 13.5. The Hall–Kier alpha value is -2.60. The number of rotatable bonds is 5. The molecule has 2 aromatic heterocycles. The van der Waals surface area contributed by atoms with E-state index in [9.17, 15) is 13.2 Å². The van der Waals surface area contributed by atoms with Crippen LogP contribution in [0.25, 0.3) is 5.76 Å². The van der Waals surface area contributed by atoms with E-state index in [2.05, 4.69) is 4.98 Å². The number of sulfonamides is 1. The van der Waals surface area contributed by atoms with Crippen molar-refractivity contribution in [2.45, 2.75) is 4.90 Å². The number of carbonyl (C=O) groups excluding carboxylic acids is 1. The van der Waals surface area contributed by atoms with Crippen LogP contribution in [0.2, 0.25) is 4.34 Å². The Labute approximate surface area is 181 Å². The first kappa shape index (κ1) is 20.7. The standard InChI is InChI=1S/C18H16ClN3O6S2/c1-21-15-16(17-11(30(21,24)25)9-12(19)29-17)28-14(10-27-8-7-26-2)22(18(15)23)13-5-3-4-6-20-13/h3-6,9-10H,7-8H2,1-2H3/b14-10+. The molecule has 0 bridgehead atoms. The van der Waals surface area contributed by atoms with Gasteiger partial charge < -0.3 is 14.2 Å². The molecule has 0 atom stereocenters. The minimum Gasteiger partial charge on any atom is -0.493 e. The summed E-state index contributed by atoms with van der Waals surface area (Å²) >= 11 is 7.09. The number of fused-ring (bicyclic) bond motifs is 2. The van der Waals surface area contributed by atoms with Crippen LogP contribution in [0.1, 0.15) is 4.88 Å². The fourth-order valence-corrected chi connectivity index (χ4v) is 5.91. The van der Waals surface area contributed by atoms with Crippen molar-refractivity contribution in [2.24, 2.45) is 0 Å². The van der Waals surface area contributed by atoms with E-state index < -0.39 is 15.9 Å². The number of methoxy groups -OCH3 is 1. The molecule has 2 aromatic rings. The second kappa shape index (κ2) is 7.91. The van der Waals surface area contributed by atoms with Gasteiger partial charge in [0.15, 0.2) is 11.5 Å². The molecule has 1 amide bonds. The van der Waals surface area contributed by atoms with Crippen LogP contribution in [0, 0.1) is 0 Å². The molecule has 0 aliphatic carbocycles. The summed E-state index contributed by atoms with van der Waals surface area (Å²) in [5.74, 6) is -0.246. The first-order valence-electron chi connectivity index (χ1n) is 8.63. The first-order chi connectivity index (χ1) is 14.4. The van der Waals surface area contributed by atoms with Crippen molar-refractivity contribution in [2.75, 3.05) is 32.3 Å². The number of anilines is 1. The summed E-state index contributed by atoms with van der Waals surface area (Å²) in [6.45, 7) is 0.560. The molecular weight excluding hydrogens is 454 g/mol. The highest BCUT2D eigenvalue weighted by atomic mass is 35.5. The highest BCUT2D eigenvalue weighted by molar-refractivity contribution is 7.89. The van der Waals surface area contributed by atoms with Crippen molar-refractivity contribution in [3.8, 4) is 0 Å². The van der Waals surface area contributed by atoms with E-state index in [-0.39, 0.29) is 43.9 Å². The number of halogens is 1. The van der Waals surface area contributed by atoms with Gasteiger partial charge in [0.25, 0.3) is 15.9 Å². The summed E-state index contributed by atoms with van der Waals surface area (Å²) in [5, 5.41) is 0. The number of ether oxygens (including phenoxy) is 3. The van der Waals surface area contributed by atoms with Gasteiger partial charge in [-0.2, -0.15) is 0 Å². The van der Waals surface area contributed by atoms with Crippen molar-refractivity contribution < 1.29 is 27.4 Å². The predicted molar refractivity (Wildman–Crippen MR) is 110 cm³/mol. The molecule has 4 rings (SSSR count). The summed E-state index contributed by atoms with van der Waals surface area (Å²) in [6, 6.07) is 6.33. The molecule has 0 saturated heterocycles.